The molecular weight excluding hydrogens is 398 g/mol. The highest BCUT2D eigenvalue weighted by Crippen LogP contribution is 2.27. The molecular formula is C22H27N5O2S. The predicted octanol–water partition coefficient (Wildman–Crippen LogP) is 3.76. The average Bonchev–Trinajstić information content (AvgIpc) is 3.38. The first-order valence-electron chi connectivity index (χ1n) is 10.2. The van der Waals surface area contributed by atoms with Crippen LogP contribution in [0.3, 0.4) is 0 Å². The van der Waals surface area contributed by atoms with E-state index in [9.17, 15) is 4.79 Å². The Bertz CT molecular complexity index is 1010. The van der Waals surface area contributed by atoms with Crippen molar-refractivity contribution < 1.29 is 9.32 Å². The van der Waals surface area contributed by atoms with E-state index in [4.69, 9.17) is 4.52 Å². The van der Waals surface area contributed by atoms with E-state index >= 15 is 0 Å². The third kappa shape index (κ3) is 4.60. The molecule has 0 N–H and O–H groups in total. The van der Waals surface area contributed by atoms with E-state index in [1.54, 1.807) is 6.20 Å². The summed E-state index contributed by atoms with van der Waals surface area (Å²) >= 11 is 1.50. The average molecular weight is 426 g/mol. The third-order valence-corrected chi connectivity index (χ3v) is 6.57. The molecule has 0 bridgehead atoms. The number of rotatable bonds is 4. The van der Waals surface area contributed by atoms with Crippen molar-refractivity contribution in [1.82, 2.24) is 24.9 Å². The van der Waals surface area contributed by atoms with Crippen molar-refractivity contribution in [2.45, 2.75) is 39.7 Å². The first-order valence-corrected chi connectivity index (χ1v) is 11.0. The van der Waals surface area contributed by atoms with Gasteiger partial charge in [0.1, 0.15) is 4.88 Å². The maximum atomic E-state index is 12.8. The highest BCUT2D eigenvalue weighted by atomic mass is 32.1. The van der Waals surface area contributed by atoms with Crippen LogP contribution < -0.4 is 0 Å². The third-order valence-electron chi connectivity index (χ3n) is 5.15. The molecule has 1 saturated heterocycles. The molecule has 0 spiro atoms. The van der Waals surface area contributed by atoms with Crippen molar-refractivity contribution in [3.63, 3.8) is 0 Å². The molecule has 2 aromatic heterocycles. The van der Waals surface area contributed by atoms with Gasteiger partial charge in [0.25, 0.3) is 5.91 Å². The molecule has 1 aliphatic rings. The summed E-state index contributed by atoms with van der Waals surface area (Å²) < 4.78 is 5.44. The number of hydrogen-bond donors (Lipinski definition) is 0. The normalized spacial score (nSPS) is 15.5. The number of benzene rings is 1. The number of carbonyl (C=O) groups is 1. The Morgan fingerprint density at radius 2 is 1.83 bits per heavy atom. The largest absolute Gasteiger partial charge is 0.338 e. The maximum absolute atomic E-state index is 12.8. The van der Waals surface area contributed by atoms with E-state index in [0.717, 1.165) is 23.7 Å². The highest BCUT2D eigenvalue weighted by molar-refractivity contribution is 7.13. The van der Waals surface area contributed by atoms with Crippen LogP contribution in [0.5, 0.6) is 0 Å². The fourth-order valence-corrected chi connectivity index (χ4v) is 4.26. The van der Waals surface area contributed by atoms with Crippen molar-refractivity contribution in [3.05, 3.63) is 51.8 Å². The van der Waals surface area contributed by atoms with Gasteiger partial charge in [0.15, 0.2) is 0 Å². The Morgan fingerprint density at radius 1 is 1.13 bits per heavy atom. The van der Waals surface area contributed by atoms with Gasteiger partial charge in [-0.15, -0.1) is 11.3 Å². The minimum atomic E-state index is -0.0383. The first kappa shape index (κ1) is 20.7. The van der Waals surface area contributed by atoms with Gasteiger partial charge in [-0.3, -0.25) is 9.69 Å². The van der Waals surface area contributed by atoms with Gasteiger partial charge >= 0.3 is 0 Å². The van der Waals surface area contributed by atoms with E-state index in [-0.39, 0.29) is 11.3 Å². The van der Waals surface area contributed by atoms with Crippen LogP contribution in [0.4, 0.5) is 0 Å². The van der Waals surface area contributed by atoms with Gasteiger partial charge in [0.2, 0.25) is 11.7 Å². The zero-order valence-corrected chi connectivity index (χ0v) is 18.7. The number of piperazine rings is 1. The molecule has 3 heterocycles. The van der Waals surface area contributed by atoms with Crippen molar-refractivity contribution in [1.29, 1.82) is 0 Å². The smallest absolute Gasteiger partial charge is 0.265 e. The van der Waals surface area contributed by atoms with Crippen LogP contribution in [-0.4, -0.2) is 57.0 Å². The summed E-state index contributed by atoms with van der Waals surface area (Å²) in [4.78, 5) is 26.7. The quantitative estimate of drug-likeness (QED) is 0.634. The van der Waals surface area contributed by atoms with E-state index in [1.807, 2.05) is 36.1 Å². The summed E-state index contributed by atoms with van der Waals surface area (Å²) in [5, 5.41) is 5.09. The number of thiazole rings is 1. The Hall–Kier alpha value is -2.58. The van der Waals surface area contributed by atoms with Crippen LogP contribution in [0.2, 0.25) is 0 Å². The Labute approximate surface area is 180 Å². The number of aromatic nitrogens is 3. The van der Waals surface area contributed by atoms with Crippen LogP contribution in [0, 0.1) is 6.92 Å². The second-order valence-corrected chi connectivity index (χ2v) is 9.76. The summed E-state index contributed by atoms with van der Waals surface area (Å²) in [7, 11) is 0. The molecule has 4 rings (SSSR count). The second kappa shape index (κ2) is 8.28. The summed E-state index contributed by atoms with van der Waals surface area (Å²) in [6, 6.07) is 8.07. The van der Waals surface area contributed by atoms with Gasteiger partial charge < -0.3 is 9.42 Å². The van der Waals surface area contributed by atoms with Crippen LogP contribution in [0.15, 0.2) is 35.0 Å². The molecule has 1 amide bonds. The lowest BCUT2D eigenvalue weighted by Crippen LogP contribution is -2.48. The van der Waals surface area contributed by atoms with E-state index in [2.05, 4.69) is 40.8 Å². The number of hydrogen-bond acceptors (Lipinski definition) is 7. The van der Waals surface area contributed by atoms with Crippen LogP contribution >= 0.6 is 11.3 Å². The molecule has 3 aromatic rings. The van der Waals surface area contributed by atoms with Crippen molar-refractivity contribution in [2.24, 2.45) is 0 Å². The maximum Gasteiger partial charge on any atom is 0.265 e. The second-order valence-electron chi connectivity index (χ2n) is 8.73. The van der Waals surface area contributed by atoms with Crippen molar-refractivity contribution in [2.75, 3.05) is 26.2 Å². The molecule has 8 heteroatoms. The van der Waals surface area contributed by atoms with Gasteiger partial charge in [-0.1, -0.05) is 55.8 Å². The topological polar surface area (TPSA) is 75.4 Å². The zero-order valence-electron chi connectivity index (χ0n) is 17.9. The van der Waals surface area contributed by atoms with Gasteiger partial charge in [0.05, 0.1) is 17.7 Å². The van der Waals surface area contributed by atoms with Crippen LogP contribution in [-0.2, 0) is 12.0 Å². The zero-order chi connectivity index (χ0) is 21.3. The van der Waals surface area contributed by atoms with E-state index in [0.29, 0.717) is 36.2 Å². The van der Waals surface area contributed by atoms with E-state index in [1.165, 1.54) is 16.9 Å². The Balaban J connectivity index is 1.32. The van der Waals surface area contributed by atoms with Crippen molar-refractivity contribution in [3.8, 4) is 11.4 Å². The molecule has 1 aromatic carbocycles. The van der Waals surface area contributed by atoms with Gasteiger partial charge in [0, 0.05) is 37.2 Å². The fourth-order valence-electron chi connectivity index (χ4n) is 3.31. The molecule has 0 aliphatic carbocycles. The molecule has 1 aliphatic heterocycles. The fraction of sp³-hybridized carbons (Fsp3) is 0.455. The van der Waals surface area contributed by atoms with Crippen molar-refractivity contribution >= 4 is 17.2 Å². The molecule has 7 nitrogen and oxygen atoms in total. The number of carbonyl (C=O) groups excluding carboxylic acids is 1. The summed E-state index contributed by atoms with van der Waals surface area (Å²) in [6.45, 7) is 11.9. The lowest BCUT2D eigenvalue weighted by Gasteiger charge is -2.33. The Kier molecular flexibility index (Phi) is 5.71. The standard InChI is InChI=1S/C22H27N5O2S/c1-15-5-7-16(8-6-15)19-24-18(29-25-19)14-26-9-11-27(12-10-26)20(28)17-13-23-21(30-17)22(2,3)4/h5-8,13H,9-12,14H2,1-4H3. The highest BCUT2D eigenvalue weighted by Gasteiger charge is 2.26. The number of nitrogens with zero attached hydrogens (tertiary/aromatic N) is 5. The first-order chi connectivity index (χ1) is 14.3. The van der Waals surface area contributed by atoms with Crippen LogP contribution in [0.1, 0.15) is 46.9 Å². The lowest BCUT2D eigenvalue weighted by molar-refractivity contribution is 0.0619. The molecule has 0 unspecified atom stereocenters. The molecule has 0 atom stereocenters. The summed E-state index contributed by atoms with van der Waals surface area (Å²) in [6.07, 6.45) is 1.71. The van der Waals surface area contributed by atoms with Gasteiger partial charge in [-0.25, -0.2) is 4.98 Å². The summed E-state index contributed by atoms with van der Waals surface area (Å²) in [5.41, 5.74) is 2.11. The number of aryl methyl sites for hydroxylation is 1. The minimum Gasteiger partial charge on any atom is -0.338 e. The molecule has 0 saturated carbocycles. The molecule has 30 heavy (non-hydrogen) atoms. The van der Waals surface area contributed by atoms with E-state index < -0.39 is 0 Å². The predicted molar refractivity (Wildman–Crippen MR) is 116 cm³/mol. The number of amides is 1. The SMILES string of the molecule is Cc1ccc(-c2noc(CN3CCN(C(=O)c4cnc(C(C)(C)C)s4)CC3)n2)cc1. The summed E-state index contributed by atoms with van der Waals surface area (Å²) in [5.74, 6) is 1.28. The van der Waals surface area contributed by atoms with Gasteiger partial charge in [-0.2, -0.15) is 4.98 Å². The van der Waals surface area contributed by atoms with Crippen LogP contribution in [0.25, 0.3) is 11.4 Å². The molecule has 158 valence electrons. The Morgan fingerprint density at radius 3 is 2.47 bits per heavy atom. The molecule has 1 fully saturated rings. The lowest BCUT2D eigenvalue weighted by atomic mass is 9.98. The molecule has 0 radical (unpaired) electrons. The van der Waals surface area contributed by atoms with Gasteiger partial charge in [-0.05, 0) is 6.92 Å². The monoisotopic (exact) mass is 425 g/mol. The minimum absolute atomic E-state index is 0.0383.